The summed E-state index contributed by atoms with van der Waals surface area (Å²) in [6.45, 7) is 1.74. The summed E-state index contributed by atoms with van der Waals surface area (Å²) in [6, 6.07) is 24.9. The van der Waals surface area contributed by atoms with Crippen LogP contribution in [0.4, 0.5) is 18.9 Å². The molecular formula is C26H23F3N2O. The molecule has 0 fully saturated rings. The average molecular weight is 436 g/mol. The Morgan fingerprint density at radius 2 is 1.81 bits per heavy atom. The van der Waals surface area contributed by atoms with Crippen LogP contribution in [0.1, 0.15) is 27.8 Å². The zero-order valence-electron chi connectivity index (χ0n) is 17.6. The lowest BCUT2D eigenvalue weighted by molar-refractivity contribution is -0.200. The van der Waals surface area contributed by atoms with Gasteiger partial charge >= 0.3 is 6.18 Å². The molecule has 0 spiro atoms. The van der Waals surface area contributed by atoms with Crippen molar-refractivity contribution in [2.45, 2.75) is 31.0 Å². The fraction of sp³-hybridized carbons (Fsp3) is 0.269. The molecule has 0 bridgehead atoms. The Hall–Kier alpha value is -3.30. The fourth-order valence-electron chi connectivity index (χ4n) is 4.67. The zero-order chi connectivity index (χ0) is 22.9. The molecule has 1 heterocycles. The largest absolute Gasteiger partial charge is 0.416 e. The number of halogens is 3. The lowest BCUT2D eigenvalue weighted by atomic mass is 9.71. The zero-order valence-corrected chi connectivity index (χ0v) is 17.6. The molecular weight excluding hydrogens is 413 g/mol. The highest BCUT2D eigenvalue weighted by Crippen LogP contribution is 2.47. The number of nitriles is 1. The lowest BCUT2D eigenvalue weighted by Gasteiger charge is -2.33. The van der Waals surface area contributed by atoms with E-state index < -0.39 is 24.2 Å². The predicted octanol–water partition coefficient (Wildman–Crippen LogP) is 5.14. The standard InChI is InChI=1S/C26H23F3N2O/c1-18-6-4-9-21(12-18)25(14-19-7-5-8-20(13-19)15-30)17-31(16-24(32)26(27,28)29)23-11-3-2-10-22(23)25/h2-13,24,32H,14,16-17H2,1H3/t24-,25?/m1/s1. The molecule has 0 saturated heterocycles. The van der Waals surface area contributed by atoms with Crippen LogP contribution in [0.2, 0.25) is 0 Å². The lowest BCUT2D eigenvalue weighted by Crippen LogP contribution is -2.44. The summed E-state index contributed by atoms with van der Waals surface area (Å²) in [7, 11) is 0. The van der Waals surface area contributed by atoms with Gasteiger partial charge in [-0.05, 0) is 48.2 Å². The maximum Gasteiger partial charge on any atom is 0.416 e. The van der Waals surface area contributed by atoms with Crippen LogP contribution in [0.5, 0.6) is 0 Å². The Morgan fingerprint density at radius 3 is 2.53 bits per heavy atom. The highest BCUT2D eigenvalue weighted by atomic mass is 19.4. The molecule has 0 saturated carbocycles. The number of hydrogen-bond donors (Lipinski definition) is 1. The van der Waals surface area contributed by atoms with Gasteiger partial charge in [0.1, 0.15) is 0 Å². The van der Waals surface area contributed by atoms with Crippen molar-refractivity contribution in [3.05, 3.63) is 101 Å². The molecule has 32 heavy (non-hydrogen) atoms. The van der Waals surface area contributed by atoms with Gasteiger partial charge in [0.05, 0.1) is 18.2 Å². The molecule has 3 aromatic rings. The molecule has 2 atom stereocenters. The van der Waals surface area contributed by atoms with E-state index in [2.05, 4.69) is 12.1 Å². The first kappa shape index (κ1) is 21.9. The minimum Gasteiger partial charge on any atom is -0.382 e. The first-order chi connectivity index (χ1) is 15.2. The number of anilines is 1. The van der Waals surface area contributed by atoms with Gasteiger partial charge in [0.25, 0.3) is 0 Å². The molecule has 0 amide bonds. The van der Waals surface area contributed by atoms with E-state index >= 15 is 0 Å². The van der Waals surface area contributed by atoms with E-state index in [-0.39, 0.29) is 0 Å². The summed E-state index contributed by atoms with van der Waals surface area (Å²) < 4.78 is 39.5. The van der Waals surface area contributed by atoms with Crippen LogP contribution in [0.25, 0.3) is 0 Å². The van der Waals surface area contributed by atoms with Gasteiger partial charge in [-0.1, -0.05) is 60.2 Å². The first-order valence-electron chi connectivity index (χ1n) is 10.4. The second kappa shape index (κ2) is 8.33. The topological polar surface area (TPSA) is 47.3 Å². The number of aliphatic hydroxyl groups is 1. The van der Waals surface area contributed by atoms with E-state index in [0.717, 1.165) is 22.3 Å². The van der Waals surface area contributed by atoms with Gasteiger partial charge in [-0.25, -0.2) is 0 Å². The number of nitrogens with zero attached hydrogens (tertiary/aromatic N) is 2. The van der Waals surface area contributed by atoms with Crippen molar-refractivity contribution >= 4 is 5.69 Å². The molecule has 0 aliphatic carbocycles. The Kier molecular flexibility index (Phi) is 5.70. The van der Waals surface area contributed by atoms with Crippen LogP contribution in [0.3, 0.4) is 0 Å². The number of para-hydroxylation sites is 1. The third kappa shape index (κ3) is 4.09. The summed E-state index contributed by atoms with van der Waals surface area (Å²) in [4.78, 5) is 1.63. The minimum absolute atomic E-state index is 0.291. The Balaban J connectivity index is 1.85. The molecule has 1 N–H and O–H groups in total. The summed E-state index contributed by atoms with van der Waals surface area (Å²) in [5.41, 5.74) is 4.50. The van der Waals surface area contributed by atoms with Crippen LogP contribution >= 0.6 is 0 Å². The van der Waals surface area contributed by atoms with E-state index in [4.69, 9.17) is 0 Å². The van der Waals surface area contributed by atoms with Crippen LogP contribution in [0.15, 0.2) is 72.8 Å². The van der Waals surface area contributed by atoms with Gasteiger partial charge in [0, 0.05) is 17.6 Å². The third-order valence-electron chi connectivity index (χ3n) is 6.12. The van der Waals surface area contributed by atoms with Crippen LogP contribution in [-0.2, 0) is 11.8 Å². The normalized spacial score (nSPS) is 18.8. The fourth-order valence-corrected chi connectivity index (χ4v) is 4.67. The smallest absolute Gasteiger partial charge is 0.382 e. The molecule has 4 rings (SSSR count). The number of β-amino-alcohol motifs (C(OH)–C–C–N with tert-alkyl or cyclic N) is 1. The van der Waals surface area contributed by atoms with Crippen molar-refractivity contribution in [2.75, 3.05) is 18.0 Å². The molecule has 1 aliphatic heterocycles. The van der Waals surface area contributed by atoms with Gasteiger partial charge in [-0.15, -0.1) is 0 Å². The maximum absolute atomic E-state index is 13.2. The summed E-state index contributed by atoms with van der Waals surface area (Å²) in [5, 5.41) is 19.1. The van der Waals surface area contributed by atoms with Crippen molar-refractivity contribution in [3.63, 3.8) is 0 Å². The van der Waals surface area contributed by atoms with Crippen molar-refractivity contribution < 1.29 is 18.3 Å². The number of aryl methyl sites for hydroxylation is 1. The molecule has 0 aromatic heterocycles. The minimum atomic E-state index is -4.69. The van der Waals surface area contributed by atoms with E-state index in [0.29, 0.717) is 24.2 Å². The molecule has 6 heteroatoms. The monoisotopic (exact) mass is 436 g/mol. The highest BCUT2D eigenvalue weighted by Gasteiger charge is 2.47. The molecule has 1 unspecified atom stereocenters. The summed E-state index contributed by atoms with van der Waals surface area (Å²) in [6.07, 6.45) is -6.61. The number of alkyl halides is 3. The first-order valence-corrected chi connectivity index (χ1v) is 10.4. The van der Waals surface area contributed by atoms with Crippen molar-refractivity contribution in [3.8, 4) is 6.07 Å². The molecule has 1 aliphatic rings. The highest BCUT2D eigenvalue weighted by molar-refractivity contribution is 5.67. The second-order valence-corrected chi connectivity index (χ2v) is 8.40. The Bertz CT molecular complexity index is 1170. The maximum atomic E-state index is 13.2. The SMILES string of the molecule is Cc1cccc(C2(Cc3cccc(C#N)c3)CN(C[C@@H](O)C(F)(F)F)c3ccccc32)c1. The van der Waals surface area contributed by atoms with Gasteiger partial charge < -0.3 is 10.0 Å². The van der Waals surface area contributed by atoms with Gasteiger partial charge in [0.15, 0.2) is 6.10 Å². The van der Waals surface area contributed by atoms with Crippen molar-refractivity contribution in [1.29, 1.82) is 5.26 Å². The van der Waals surface area contributed by atoms with Crippen LogP contribution < -0.4 is 4.90 Å². The Labute approximate surface area is 185 Å². The molecule has 3 aromatic carbocycles. The van der Waals surface area contributed by atoms with Gasteiger partial charge in [-0.2, -0.15) is 18.4 Å². The number of hydrogen-bond acceptors (Lipinski definition) is 3. The number of fused-ring (bicyclic) bond motifs is 1. The van der Waals surface area contributed by atoms with Crippen molar-refractivity contribution in [1.82, 2.24) is 0 Å². The van der Waals surface area contributed by atoms with E-state index in [9.17, 15) is 23.5 Å². The molecule has 164 valence electrons. The summed E-state index contributed by atoms with van der Waals surface area (Å²) in [5.74, 6) is 0. The van der Waals surface area contributed by atoms with Crippen molar-refractivity contribution in [2.24, 2.45) is 0 Å². The quantitative estimate of drug-likeness (QED) is 0.603. The van der Waals surface area contributed by atoms with Crippen LogP contribution in [0, 0.1) is 18.3 Å². The Morgan fingerprint density at radius 1 is 1.06 bits per heavy atom. The second-order valence-electron chi connectivity index (χ2n) is 8.40. The number of benzene rings is 3. The van der Waals surface area contributed by atoms with E-state index in [1.807, 2.05) is 61.5 Å². The van der Waals surface area contributed by atoms with Gasteiger partial charge in [-0.3, -0.25) is 0 Å². The number of aliphatic hydroxyl groups excluding tert-OH is 1. The van der Waals surface area contributed by atoms with E-state index in [1.54, 1.807) is 17.0 Å². The third-order valence-corrected chi connectivity index (χ3v) is 6.12. The predicted molar refractivity (Wildman–Crippen MR) is 118 cm³/mol. The van der Waals surface area contributed by atoms with Crippen LogP contribution in [-0.4, -0.2) is 30.5 Å². The van der Waals surface area contributed by atoms with Gasteiger partial charge in [0.2, 0.25) is 0 Å². The molecule has 3 nitrogen and oxygen atoms in total. The molecule has 0 radical (unpaired) electrons. The number of rotatable bonds is 5. The van der Waals surface area contributed by atoms with E-state index in [1.165, 1.54) is 0 Å². The average Bonchev–Trinajstić information content (AvgIpc) is 3.07. The summed E-state index contributed by atoms with van der Waals surface area (Å²) >= 11 is 0.